The molecule has 3 heterocycles. The summed E-state index contributed by atoms with van der Waals surface area (Å²) >= 11 is 0. The van der Waals surface area contributed by atoms with E-state index in [1.54, 1.807) is 55.1 Å². The third-order valence-corrected chi connectivity index (χ3v) is 3.96. The minimum absolute atomic E-state index is 0.0544. The third-order valence-electron chi connectivity index (χ3n) is 3.96. The summed E-state index contributed by atoms with van der Waals surface area (Å²) in [7, 11) is 0. The molecule has 4 rings (SSSR count). The van der Waals surface area contributed by atoms with Crippen LogP contribution < -0.4 is 4.74 Å². The maximum atomic E-state index is 13.2. The van der Waals surface area contributed by atoms with Gasteiger partial charge in [-0.1, -0.05) is 6.07 Å². The molecule has 0 saturated carbocycles. The van der Waals surface area contributed by atoms with Crippen LogP contribution in [0.3, 0.4) is 0 Å². The normalized spacial score (nSPS) is 11.5. The zero-order valence-corrected chi connectivity index (χ0v) is 13.8. The average Bonchev–Trinajstić information content (AvgIpc) is 2.68. The first-order valence-corrected chi connectivity index (χ1v) is 8.01. The van der Waals surface area contributed by atoms with Crippen molar-refractivity contribution in [2.24, 2.45) is 0 Å². The molecule has 27 heavy (non-hydrogen) atoms. The molecule has 0 N–H and O–H groups in total. The number of ether oxygens (including phenoxy) is 1. The van der Waals surface area contributed by atoms with Gasteiger partial charge in [0.25, 0.3) is 0 Å². The topological polar surface area (TPSA) is 47.9 Å². The molecule has 4 nitrogen and oxygen atoms in total. The molecule has 0 bridgehead atoms. The number of pyridine rings is 3. The summed E-state index contributed by atoms with van der Waals surface area (Å²) < 4.78 is 45.2. The number of alkyl halides is 3. The van der Waals surface area contributed by atoms with E-state index in [0.717, 1.165) is 17.5 Å². The summed E-state index contributed by atoms with van der Waals surface area (Å²) in [5.74, 6) is 0.247. The van der Waals surface area contributed by atoms with Gasteiger partial charge in [0.2, 0.25) is 5.88 Å². The van der Waals surface area contributed by atoms with Gasteiger partial charge in [0, 0.05) is 47.4 Å². The van der Waals surface area contributed by atoms with Gasteiger partial charge in [0.15, 0.2) is 0 Å². The highest BCUT2D eigenvalue weighted by atomic mass is 19.4. The summed E-state index contributed by atoms with van der Waals surface area (Å²) in [6.45, 7) is 0. The van der Waals surface area contributed by atoms with Gasteiger partial charge in [0.1, 0.15) is 5.75 Å². The molecule has 0 saturated heterocycles. The average molecular weight is 367 g/mol. The number of hydrogen-bond donors (Lipinski definition) is 0. The quantitative estimate of drug-likeness (QED) is 0.479. The van der Waals surface area contributed by atoms with Crippen molar-refractivity contribution in [3.63, 3.8) is 0 Å². The zero-order chi connectivity index (χ0) is 18.9. The van der Waals surface area contributed by atoms with E-state index in [9.17, 15) is 13.2 Å². The van der Waals surface area contributed by atoms with Crippen LogP contribution in [0.1, 0.15) is 5.56 Å². The SMILES string of the molecule is FC(F)(F)c1ccc(-c2cccnc2)c(Oc2ccc3cnccc3n2)c1. The maximum Gasteiger partial charge on any atom is 0.416 e. The molecule has 0 amide bonds. The molecule has 0 spiro atoms. The van der Waals surface area contributed by atoms with E-state index in [1.165, 1.54) is 6.07 Å². The molecule has 0 aliphatic rings. The monoisotopic (exact) mass is 367 g/mol. The standard InChI is InChI=1S/C20H12F3N3O/c21-20(22,23)15-4-5-16(13-2-1-8-24-11-13)18(10-15)27-19-6-3-14-12-25-9-7-17(14)26-19/h1-12H. The summed E-state index contributed by atoms with van der Waals surface area (Å²) in [4.78, 5) is 12.4. The van der Waals surface area contributed by atoms with Crippen LogP contribution in [0, 0.1) is 0 Å². The molecular formula is C20H12F3N3O. The van der Waals surface area contributed by atoms with Crippen molar-refractivity contribution < 1.29 is 17.9 Å². The van der Waals surface area contributed by atoms with Crippen molar-refractivity contribution in [1.29, 1.82) is 0 Å². The Morgan fingerprint density at radius 3 is 2.48 bits per heavy atom. The van der Waals surface area contributed by atoms with Crippen LogP contribution in [-0.4, -0.2) is 15.0 Å². The van der Waals surface area contributed by atoms with Crippen LogP contribution in [0.25, 0.3) is 22.0 Å². The second-order valence-electron chi connectivity index (χ2n) is 5.77. The maximum absolute atomic E-state index is 13.2. The van der Waals surface area contributed by atoms with Crippen LogP contribution in [0.2, 0.25) is 0 Å². The highest BCUT2D eigenvalue weighted by molar-refractivity contribution is 5.78. The number of benzene rings is 1. The van der Waals surface area contributed by atoms with Crippen molar-refractivity contribution >= 4 is 10.9 Å². The lowest BCUT2D eigenvalue weighted by Gasteiger charge is -2.14. The van der Waals surface area contributed by atoms with E-state index < -0.39 is 11.7 Å². The molecular weight excluding hydrogens is 355 g/mol. The van der Waals surface area contributed by atoms with Crippen LogP contribution in [0.5, 0.6) is 11.6 Å². The fourth-order valence-corrected chi connectivity index (χ4v) is 2.66. The van der Waals surface area contributed by atoms with E-state index in [2.05, 4.69) is 15.0 Å². The predicted molar refractivity (Wildman–Crippen MR) is 94.3 cm³/mol. The van der Waals surface area contributed by atoms with Crippen molar-refractivity contribution in [3.8, 4) is 22.8 Å². The van der Waals surface area contributed by atoms with Crippen molar-refractivity contribution in [2.75, 3.05) is 0 Å². The molecule has 0 aliphatic carbocycles. The number of rotatable bonds is 3. The molecule has 0 radical (unpaired) electrons. The summed E-state index contributed by atoms with van der Waals surface area (Å²) in [6, 6.07) is 11.9. The molecule has 134 valence electrons. The summed E-state index contributed by atoms with van der Waals surface area (Å²) in [6.07, 6.45) is 1.91. The van der Waals surface area contributed by atoms with Gasteiger partial charge in [0.05, 0.1) is 11.1 Å². The Kier molecular flexibility index (Phi) is 4.19. The first-order chi connectivity index (χ1) is 13.0. The lowest BCUT2D eigenvalue weighted by molar-refractivity contribution is -0.137. The Morgan fingerprint density at radius 2 is 1.70 bits per heavy atom. The van der Waals surface area contributed by atoms with Gasteiger partial charge in [-0.05, 0) is 36.4 Å². The number of fused-ring (bicyclic) bond motifs is 1. The predicted octanol–water partition coefficient (Wildman–Crippen LogP) is 5.50. The first-order valence-electron chi connectivity index (χ1n) is 8.01. The molecule has 7 heteroatoms. The lowest BCUT2D eigenvalue weighted by Crippen LogP contribution is -2.05. The second-order valence-corrected chi connectivity index (χ2v) is 5.77. The zero-order valence-electron chi connectivity index (χ0n) is 13.8. The molecule has 0 fully saturated rings. The van der Waals surface area contributed by atoms with Crippen molar-refractivity contribution in [1.82, 2.24) is 15.0 Å². The lowest BCUT2D eigenvalue weighted by atomic mass is 10.0. The Labute approximate surface area is 152 Å². The van der Waals surface area contributed by atoms with Crippen LogP contribution in [0.4, 0.5) is 13.2 Å². The largest absolute Gasteiger partial charge is 0.438 e. The number of halogens is 3. The highest BCUT2D eigenvalue weighted by Crippen LogP contribution is 2.38. The van der Waals surface area contributed by atoms with Crippen molar-refractivity contribution in [3.05, 3.63) is 78.9 Å². The van der Waals surface area contributed by atoms with Gasteiger partial charge in [-0.15, -0.1) is 0 Å². The molecule has 4 aromatic rings. The molecule has 1 aromatic carbocycles. The smallest absolute Gasteiger partial charge is 0.416 e. The summed E-state index contributed by atoms with van der Waals surface area (Å²) in [5.41, 5.74) is 0.978. The van der Waals surface area contributed by atoms with Gasteiger partial charge in [-0.25, -0.2) is 4.98 Å². The third kappa shape index (κ3) is 3.57. The summed E-state index contributed by atoms with van der Waals surface area (Å²) in [5, 5.41) is 0.807. The first kappa shape index (κ1) is 17.0. The Balaban J connectivity index is 1.80. The van der Waals surface area contributed by atoms with Crippen LogP contribution in [-0.2, 0) is 6.18 Å². The molecule has 0 unspecified atom stereocenters. The number of hydrogen-bond acceptors (Lipinski definition) is 4. The molecule has 0 aliphatic heterocycles. The Morgan fingerprint density at radius 1 is 0.852 bits per heavy atom. The highest BCUT2D eigenvalue weighted by Gasteiger charge is 2.31. The van der Waals surface area contributed by atoms with Crippen LogP contribution >= 0.6 is 0 Å². The minimum atomic E-state index is -4.48. The Bertz CT molecular complexity index is 1100. The van der Waals surface area contributed by atoms with Gasteiger partial charge >= 0.3 is 6.18 Å². The molecule has 0 atom stereocenters. The van der Waals surface area contributed by atoms with E-state index in [1.807, 2.05) is 0 Å². The second kappa shape index (κ2) is 6.68. The van der Waals surface area contributed by atoms with Gasteiger partial charge < -0.3 is 4.74 Å². The van der Waals surface area contributed by atoms with E-state index in [-0.39, 0.29) is 11.6 Å². The van der Waals surface area contributed by atoms with Crippen molar-refractivity contribution in [2.45, 2.75) is 6.18 Å². The van der Waals surface area contributed by atoms with E-state index in [0.29, 0.717) is 16.6 Å². The van der Waals surface area contributed by atoms with E-state index in [4.69, 9.17) is 4.74 Å². The minimum Gasteiger partial charge on any atom is -0.438 e. The van der Waals surface area contributed by atoms with Gasteiger partial charge in [-0.2, -0.15) is 13.2 Å². The molecule has 3 aromatic heterocycles. The van der Waals surface area contributed by atoms with Gasteiger partial charge in [-0.3, -0.25) is 9.97 Å². The Hall–Kier alpha value is -3.48. The fraction of sp³-hybridized carbons (Fsp3) is 0.0500. The number of nitrogens with zero attached hydrogens (tertiary/aromatic N) is 3. The van der Waals surface area contributed by atoms with Crippen LogP contribution in [0.15, 0.2) is 73.3 Å². The fourth-order valence-electron chi connectivity index (χ4n) is 2.66. The van der Waals surface area contributed by atoms with E-state index >= 15 is 0 Å². The number of aromatic nitrogens is 3.